The first-order valence-corrected chi connectivity index (χ1v) is 5.28. The molecule has 0 bridgehead atoms. The first-order valence-electron chi connectivity index (χ1n) is 3.17. The Hall–Kier alpha value is -0.260. The highest BCUT2D eigenvalue weighted by Gasteiger charge is 2.25. The molecule has 0 fully saturated rings. The third-order valence-electron chi connectivity index (χ3n) is 1.48. The Kier molecular flexibility index (Phi) is 2.02. The smallest absolute Gasteiger partial charge is 0.266 e. The van der Waals surface area contributed by atoms with Crippen molar-refractivity contribution in [1.82, 2.24) is 5.32 Å². The SMILES string of the molecule is O=C1NC(Cl)Nc2c(Br)csc21. The van der Waals surface area contributed by atoms with E-state index in [0.717, 1.165) is 10.2 Å². The molecule has 1 amide bonds. The van der Waals surface area contributed by atoms with E-state index in [9.17, 15) is 4.79 Å². The van der Waals surface area contributed by atoms with E-state index in [0.29, 0.717) is 4.88 Å². The van der Waals surface area contributed by atoms with Crippen LogP contribution in [-0.2, 0) is 0 Å². The highest BCUT2D eigenvalue weighted by atomic mass is 79.9. The minimum absolute atomic E-state index is 0.126. The van der Waals surface area contributed by atoms with Gasteiger partial charge >= 0.3 is 0 Å². The van der Waals surface area contributed by atoms with Gasteiger partial charge in [-0.3, -0.25) is 4.79 Å². The number of hydrogen-bond acceptors (Lipinski definition) is 3. The third kappa shape index (κ3) is 1.22. The summed E-state index contributed by atoms with van der Waals surface area (Å²) < 4.78 is 0.878. The summed E-state index contributed by atoms with van der Waals surface area (Å²) in [4.78, 5) is 11.9. The summed E-state index contributed by atoms with van der Waals surface area (Å²) in [5.74, 6) is -0.126. The molecule has 1 aliphatic rings. The van der Waals surface area contributed by atoms with Crippen LogP contribution >= 0.6 is 38.9 Å². The molecule has 1 aromatic rings. The zero-order chi connectivity index (χ0) is 8.72. The molecule has 1 unspecified atom stereocenters. The number of carbonyl (C=O) groups excluding carboxylic acids is 1. The standard InChI is InChI=1S/C6H4BrClN2OS/c7-2-1-12-4-3(2)9-6(8)10-5(4)11/h1,6,9H,(H,10,11). The predicted octanol–water partition coefficient (Wildman–Crippen LogP) is 2.19. The van der Waals surface area contributed by atoms with E-state index in [1.54, 1.807) is 0 Å². The molecule has 0 aromatic carbocycles. The van der Waals surface area contributed by atoms with E-state index < -0.39 is 5.62 Å². The molecule has 2 N–H and O–H groups in total. The van der Waals surface area contributed by atoms with E-state index in [-0.39, 0.29) is 5.91 Å². The molecular formula is C6H4BrClN2OS. The van der Waals surface area contributed by atoms with Crippen LogP contribution in [0.15, 0.2) is 9.85 Å². The highest BCUT2D eigenvalue weighted by molar-refractivity contribution is 9.10. The number of carbonyl (C=O) groups is 1. The van der Waals surface area contributed by atoms with Gasteiger partial charge in [0.25, 0.3) is 5.91 Å². The normalized spacial score (nSPS) is 21.2. The molecule has 0 saturated heterocycles. The van der Waals surface area contributed by atoms with Crippen LogP contribution in [0.4, 0.5) is 5.69 Å². The Labute approximate surface area is 86.2 Å². The summed E-state index contributed by atoms with van der Waals surface area (Å²) in [6.07, 6.45) is 0. The molecular weight excluding hydrogens is 264 g/mol. The first-order chi connectivity index (χ1) is 5.68. The summed E-state index contributed by atoms with van der Waals surface area (Å²) in [5, 5.41) is 7.34. The molecule has 2 rings (SSSR count). The summed E-state index contributed by atoms with van der Waals surface area (Å²) in [7, 11) is 0. The quantitative estimate of drug-likeness (QED) is 0.559. The second-order valence-corrected chi connectivity index (χ2v) is 4.44. The second kappa shape index (κ2) is 2.90. The maximum Gasteiger partial charge on any atom is 0.266 e. The average Bonchev–Trinajstić information content (AvgIpc) is 2.33. The average molecular weight is 268 g/mol. The second-order valence-electron chi connectivity index (χ2n) is 2.27. The van der Waals surface area contributed by atoms with Crippen LogP contribution < -0.4 is 10.6 Å². The van der Waals surface area contributed by atoms with Crippen LogP contribution in [0.25, 0.3) is 0 Å². The fourth-order valence-electron chi connectivity index (χ4n) is 0.982. The van der Waals surface area contributed by atoms with Crippen molar-refractivity contribution in [2.75, 3.05) is 5.32 Å². The first kappa shape index (κ1) is 8.34. The molecule has 2 heterocycles. The molecule has 0 spiro atoms. The molecule has 6 heteroatoms. The number of halogens is 2. The molecule has 1 aliphatic heterocycles. The van der Waals surface area contributed by atoms with Crippen molar-refractivity contribution in [1.29, 1.82) is 0 Å². The summed E-state index contributed by atoms with van der Waals surface area (Å²) in [6, 6.07) is 0. The van der Waals surface area contributed by atoms with Crippen LogP contribution in [-0.4, -0.2) is 11.5 Å². The van der Waals surface area contributed by atoms with Gasteiger partial charge in [0.1, 0.15) is 4.88 Å². The molecule has 3 nitrogen and oxygen atoms in total. The van der Waals surface area contributed by atoms with Crippen LogP contribution in [0, 0.1) is 0 Å². The Balaban J connectivity index is 2.50. The van der Waals surface area contributed by atoms with E-state index >= 15 is 0 Å². The van der Waals surface area contributed by atoms with Crippen molar-refractivity contribution in [3.63, 3.8) is 0 Å². The molecule has 1 aromatic heterocycles. The van der Waals surface area contributed by atoms with Crippen molar-refractivity contribution in [2.24, 2.45) is 0 Å². The van der Waals surface area contributed by atoms with Crippen LogP contribution in [0.1, 0.15) is 9.67 Å². The molecule has 0 aliphatic carbocycles. The van der Waals surface area contributed by atoms with Crippen LogP contribution in [0.5, 0.6) is 0 Å². The maximum atomic E-state index is 11.3. The minimum atomic E-state index is -0.518. The highest BCUT2D eigenvalue weighted by Crippen LogP contribution is 2.35. The lowest BCUT2D eigenvalue weighted by Gasteiger charge is -2.20. The largest absolute Gasteiger partial charge is 0.350 e. The summed E-state index contributed by atoms with van der Waals surface area (Å²) in [5.41, 5.74) is 0.264. The fraction of sp³-hybridized carbons (Fsp3) is 0.167. The van der Waals surface area contributed by atoms with Gasteiger partial charge in [0.15, 0.2) is 5.62 Å². The van der Waals surface area contributed by atoms with Gasteiger partial charge in [0.05, 0.1) is 10.2 Å². The van der Waals surface area contributed by atoms with Crippen molar-refractivity contribution in [3.8, 4) is 0 Å². The van der Waals surface area contributed by atoms with Gasteiger partial charge in [0.2, 0.25) is 0 Å². The topological polar surface area (TPSA) is 41.1 Å². The number of hydrogen-bond donors (Lipinski definition) is 2. The Morgan fingerprint density at radius 2 is 2.33 bits per heavy atom. The fourth-order valence-corrected chi connectivity index (χ4v) is 2.71. The lowest BCUT2D eigenvalue weighted by atomic mass is 10.3. The zero-order valence-corrected chi connectivity index (χ0v) is 8.89. The van der Waals surface area contributed by atoms with Gasteiger partial charge in [-0.15, -0.1) is 11.3 Å². The lowest BCUT2D eigenvalue weighted by molar-refractivity contribution is 0.0952. The molecule has 12 heavy (non-hydrogen) atoms. The van der Waals surface area contributed by atoms with Gasteiger partial charge in [0, 0.05) is 5.38 Å². The Bertz CT molecular complexity index is 340. The maximum absolute atomic E-state index is 11.3. The van der Waals surface area contributed by atoms with Gasteiger partial charge < -0.3 is 10.6 Å². The number of rotatable bonds is 0. The molecule has 1 atom stereocenters. The van der Waals surface area contributed by atoms with Crippen molar-refractivity contribution < 1.29 is 4.79 Å². The Morgan fingerprint density at radius 3 is 3.08 bits per heavy atom. The van der Waals surface area contributed by atoms with E-state index in [1.807, 2.05) is 5.38 Å². The third-order valence-corrected chi connectivity index (χ3v) is 3.61. The molecule has 0 saturated carbocycles. The number of thiophene rings is 1. The number of alkyl halides is 1. The lowest BCUT2D eigenvalue weighted by Crippen LogP contribution is -2.40. The van der Waals surface area contributed by atoms with Crippen LogP contribution in [0.3, 0.4) is 0 Å². The van der Waals surface area contributed by atoms with Crippen molar-refractivity contribution in [3.05, 3.63) is 14.7 Å². The predicted molar refractivity (Wildman–Crippen MR) is 52.7 cm³/mol. The van der Waals surface area contributed by atoms with Crippen LogP contribution in [0.2, 0.25) is 0 Å². The van der Waals surface area contributed by atoms with Gasteiger partial charge in [-0.25, -0.2) is 0 Å². The van der Waals surface area contributed by atoms with E-state index in [4.69, 9.17) is 11.6 Å². The van der Waals surface area contributed by atoms with E-state index in [2.05, 4.69) is 26.6 Å². The van der Waals surface area contributed by atoms with Crippen molar-refractivity contribution >= 4 is 50.5 Å². The monoisotopic (exact) mass is 266 g/mol. The zero-order valence-electron chi connectivity index (χ0n) is 5.73. The number of amides is 1. The minimum Gasteiger partial charge on any atom is -0.350 e. The summed E-state index contributed by atoms with van der Waals surface area (Å²) >= 11 is 10.4. The van der Waals surface area contributed by atoms with Gasteiger partial charge in [-0.1, -0.05) is 11.6 Å². The number of fused-ring (bicyclic) bond motifs is 1. The molecule has 64 valence electrons. The van der Waals surface area contributed by atoms with Gasteiger partial charge in [-0.05, 0) is 15.9 Å². The number of nitrogens with one attached hydrogen (secondary N) is 2. The number of anilines is 1. The molecule has 0 radical (unpaired) electrons. The Morgan fingerprint density at radius 1 is 1.58 bits per heavy atom. The van der Waals surface area contributed by atoms with Crippen molar-refractivity contribution in [2.45, 2.75) is 5.62 Å². The van der Waals surface area contributed by atoms with Gasteiger partial charge in [-0.2, -0.15) is 0 Å². The summed E-state index contributed by atoms with van der Waals surface area (Å²) in [6.45, 7) is 0. The van der Waals surface area contributed by atoms with E-state index in [1.165, 1.54) is 11.3 Å².